The first-order valence-corrected chi connectivity index (χ1v) is 9.68. The number of amides is 3. The lowest BCUT2D eigenvalue weighted by atomic mass is 9.95. The summed E-state index contributed by atoms with van der Waals surface area (Å²) in [5.41, 5.74) is 0.704. The lowest BCUT2D eigenvalue weighted by Gasteiger charge is -2.36. The van der Waals surface area contributed by atoms with Gasteiger partial charge in [-0.25, -0.2) is 9.18 Å². The SMILES string of the molecule is O=C(CN1CCCN(Cc2ccc(F)cc2Cl)C1=O)NC1CCCCC1. The van der Waals surface area contributed by atoms with Crippen molar-refractivity contribution in [1.82, 2.24) is 15.1 Å². The standard InChI is InChI=1S/C19H25ClFN3O2/c20-17-11-15(21)8-7-14(17)12-23-9-4-10-24(19(23)26)13-18(25)22-16-5-2-1-3-6-16/h7-8,11,16H,1-6,9-10,12-13H2,(H,22,25). The largest absolute Gasteiger partial charge is 0.352 e. The first-order valence-electron chi connectivity index (χ1n) is 9.30. The molecule has 2 aliphatic rings. The molecule has 1 N–H and O–H groups in total. The zero-order chi connectivity index (χ0) is 18.5. The predicted octanol–water partition coefficient (Wildman–Crippen LogP) is 3.56. The third-order valence-electron chi connectivity index (χ3n) is 5.08. The first kappa shape index (κ1) is 19.0. The van der Waals surface area contributed by atoms with E-state index in [-0.39, 0.29) is 24.5 Å². The highest BCUT2D eigenvalue weighted by Crippen LogP contribution is 2.21. The van der Waals surface area contributed by atoms with Gasteiger partial charge in [0.25, 0.3) is 0 Å². The van der Waals surface area contributed by atoms with Crippen LogP contribution in [-0.2, 0) is 11.3 Å². The Labute approximate surface area is 158 Å². The highest BCUT2D eigenvalue weighted by atomic mass is 35.5. The molecule has 2 fully saturated rings. The molecule has 3 rings (SSSR count). The van der Waals surface area contributed by atoms with Crippen LogP contribution in [0.2, 0.25) is 5.02 Å². The van der Waals surface area contributed by atoms with E-state index in [1.54, 1.807) is 15.9 Å². The molecule has 3 amide bonds. The van der Waals surface area contributed by atoms with E-state index in [2.05, 4.69) is 5.32 Å². The van der Waals surface area contributed by atoms with E-state index in [1.165, 1.54) is 18.6 Å². The Hall–Kier alpha value is -1.82. The molecule has 0 radical (unpaired) electrons. The average Bonchev–Trinajstić information content (AvgIpc) is 2.61. The normalized spacial score (nSPS) is 18.9. The summed E-state index contributed by atoms with van der Waals surface area (Å²) in [6, 6.07) is 4.26. The molecule has 26 heavy (non-hydrogen) atoms. The van der Waals surface area contributed by atoms with Crippen LogP contribution in [0.15, 0.2) is 18.2 Å². The van der Waals surface area contributed by atoms with E-state index in [9.17, 15) is 14.0 Å². The van der Waals surface area contributed by atoms with Crippen molar-refractivity contribution < 1.29 is 14.0 Å². The molecule has 1 aromatic rings. The summed E-state index contributed by atoms with van der Waals surface area (Å²) in [7, 11) is 0. The van der Waals surface area contributed by atoms with Gasteiger partial charge in [-0.3, -0.25) is 4.79 Å². The van der Waals surface area contributed by atoms with Gasteiger partial charge < -0.3 is 15.1 Å². The quantitative estimate of drug-likeness (QED) is 0.847. The maximum Gasteiger partial charge on any atom is 0.320 e. The molecule has 1 aliphatic heterocycles. The van der Waals surface area contributed by atoms with Crippen LogP contribution in [0.4, 0.5) is 9.18 Å². The van der Waals surface area contributed by atoms with Crippen molar-refractivity contribution in [3.05, 3.63) is 34.6 Å². The van der Waals surface area contributed by atoms with Gasteiger partial charge in [-0.1, -0.05) is 36.9 Å². The number of nitrogens with zero attached hydrogens (tertiary/aromatic N) is 2. The smallest absolute Gasteiger partial charge is 0.320 e. The van der Waals surface area contributed by atoms with Crippen molar-refractivity contribution in [2.75, 3.05) is 19.6 Å². The van der Waals surface area contributed by atoms with Gasteiger partial charge in [0, 0.05) is 30.7 Å². The molecule has 1 heterocycles. The number of rotatable bonds is 5. The van der Waals surface area contributed by atoms with Crippen LogP contribution in [0.1, 0.15) is 44.1 Å². The first-order chi connectivity index (χ1) is 12.5. The highest BCUT2D eigenvalue weighted by molar-refractivity contribution is 6.31. The lowest BCUT2D eigenvalue weighted by molar-refractivity contribution is -0.122. The Morgan fingerprint density at radius 1 is 1.15 bits per heavy atom. The maximum absolute atomic E-state index is 13.2. The van der Waals surface area contributed by atoms with Crippen molar-refractivity contribution in [2.24, 2.45) is 0 Å². The van der Waals surface area contributed by atoms with Gasteiger partial charge in [0.05, 0.1) is 0 Å². The summed E-state index contributed by atoms with van der Waals surface area (Å²) in [6.07, 6.45) is 6.38. The van der Waals surface area contributed by atoms with Gasteiger partial charge in [-0.05, 0) is 37.0 Å². The van der Waals surface area contributed by atoms with Gasteiger partial charge in [0.1, 0.15) is 12.4 Å². The Balaban J connectivity index is 1.55. The van der Waals surface area contributed by atoms with E-state index in [0.717, 1.165) is 32.1 Å². The molecule has 1 saturated carbocycles. The van der Waals surface area contributed by atoms with Crippen LogP contribution < -0.4 is 5.32 Å². The molecule has 0 spiro atoms. The fourth-order valence-electron chi connectivity index (χ4n) is 3.69. The van der Waals surface area contributed by atoms with Crippen molar-refractivity contribution in [2.45, 2.75) is 51.1 Å². The number of hydrogen-bond donors (Lipinski definition) is 1. The van der Waals surface area contributed by atoms with E-state index in [1.807, 2.05) is 0 Å². The number of nitrogens with one attached hydrogen (secondary N) is 1. The van der Waals surface area contributed by atoms with Crippen LogP contribution in [-0.4, -0.2) is 47.4 Å². The van der Waals surface area contributed by atoms with Gasteiger partial charge in [-0.15, -0.1) is 0 Å². The molecule has 142 valence electrons. The van der Waals surface area contributed by atoms with Crippen molar-refractivity contribution in [3.8, 4) is 0 Å². The third-order valence-corrected chi connectivity index (χ3v) is 5.43. The average molecular weight is 382 g/mol. The third kappa shape index (κ3) is 4.87. The van der Waals surface area contributed by atoms with Gasteiger partial charge in [0.2, 0.25) is 5.91 Å². The van der Waals surface area contributed by atoms with Crippen molar-refractivity contribution in [3.63, 3.8) is 0 Å². The van der Waals surface area contributed by atoms with Gasteiger partial charge >= 0.3 is 6.03 Å². The predicted molar refractivity (Wildman–Crippen MR) is 98.4 cm³/mol. The minimum absolute atomic E-state index is 0.0863. The Morgan fingerprint density at radius 3 is 2.62 bits per heavy atom. The number of urea groups is 1. The van der Waals surface area contributed by atoms with Crippen LogP contribution in [0.5, 0.6) is 0 Å². The minimum Gasteiger partial charge on any atom is -0.352 e. The molecule has 0 aromatic heterocycles. The maximum atomic E-state index is 13.2. The molecule has 1 aliphatic carbocycles. The van der Waals surface area contributed by atoms with E-state index in [0.29, 0.717) is 30.2 Å². The van der Waals surface area contributed by atoms with Gasteiger partial charge in [0.15, 0.2) is 0 Å². The van der Waals surface area contributed by atoms with Gasteiger partial charge in [-0.2, -0.15) is 0 Å². The number of benzene rings is 1. The number of hydrogen-bond acceptors (Lipinski definition) is 2. The van der Waals surface area contributed by atoms with Crippen molar-refractivity contribution in [1.29, 1.82) is 0 Å². The second kappa shape index (κ2) is 8.71. The van der Waals surface area contributed by atoms with E-state index in [4.69, 9.17) is 11.6 Å². The molecule has 1 aromatic carbocycles. The Morgan fingerprint density at radius 2 is 1.88 bits per heavy atom. The summed E-state index contributed by atoms with van der Waals surface area (Å²) in [4.78, 5) is 28.2. The number of carbonyl (C=O) groups excluding carboxylic acids is 2. The summed E-state index contributed by atoms with van der Waals surface area (Å²) < 4.78 is 13.2. The second-order valence-electron chi connectivity index (χ2n) is 7.12. The van der Waals surface area contributed by atoms with Crippen LogP contribution in [0.3, 0.4) is 0 Å². The zero-order valence-electron chi connectivity index (χ0n) is 14.8. The van der Waals surface area contributed by atoms with Crippen molar-refractivity contribution >= 4 is 23.5 Å². The summed E-state index contributed by atoms with van der Waals surface area (Å²) >= 11 is 6.07. The molecule has 1 saturated heterocycles. The zero-order valence-corrected chi connectivity index (χ0v) is 15.6. The van der Waals surface area contributed by atoms with Crippen LogP contribution in [0, 0.1) is 5.82 Å². The fourth-order valence-corrected chi connectivity index (χ4v) is 3.91. The van der Waals surface area contributed by atoms with E-state index < -0.39 is 5.82 Å². The minimum atomic E-state index is -0.398. The topological polar surface area (TPSA) is 52.7 Å². The van der Waals surface area contributed by atoms with Crippen LogP contribution in [0.25, 0.3) is 0 Å². The molecule has 7 heteroatoms. The molecule has 5 nitrogen and oxygen atoms in total. The lowest BCUT2D eigenvalue weighted by Crippen LogP contribution is -2.52. The Bertz CT molecular complexity index is 664. The molecule has 0 unspecified atom stereocenters. The summed E-state index contributed by atoms with van der Waals surface area (Å²) in [5, 5.41) is 3.36. The summed E-state index contributed by atoms with van der Waals surface area (Å²) in [6.45, 7) is 1.58. The number of halogens is 2. The number of carbonyl (C=O) groups is 2. The highest BCUT2D eigenvalue weighted by Gasteiger charge is 2.28. The Kier molecular flexibility index (Phi) is 6.35. The van der Waals surface area contributed by atoms with Crippen LogP contribution >= 0.6 is 11.6 Å². The molecular weight excluding hydrogens is 357 g/mol. The summed E-state index contributed by atoms with van der Waals surface area (Å²) in [5.74, 6) is -0.489. The second-order valence-corrected chi connectivity index (χ2v) is 7.52. The molecule has 0 atom stereocenters. The fraction of sp³-hybridized carbons (Fsp3) is 0.579. The molecule has 0 bridgehead atoms. The van der Waals surface area contributed by atoms with E-state index >= 15 is 0 Å². The monoisotopic (exact) mass is 381 g/mol. The molecular formula is C19H25ClFN3O2.